The van der Waals surface area contributed by atoms with E-state index in [2.05, 4.69) is 5.32 Å². The molecule has 2 aromatic rings. The number of benzene rings is 2. The monoisotopic (exact) mass is 310 g/mol. The van der Waals surface area contributed by atoms with Crippen molar-refractivity contribution in [2.45, 2.75) is 19.1 Å². The van der Waals surface area contributed by atoms with Crippen LogP contribution in [0.15, 0.2) is 54.6 Å². The summed E-state index contributed by atoms with van der Waals surface area (Å²) in [6.07, 6.45) is 1.01. The maximum Gasteiger partial charge on any atom is 0.253 e. The minimum atomic E-state index is 0.0632. The molecule has 4 nitrogen and oxygen atoms in total. The fourth-order valence-corrected chi connectivity index (χ4v) is 2.77. The molecule has 1 atom stereocenters. The SMILES string of the molecule is CN(C(=O)c1ccc(OCc2ccccc2)cc1)C1CCNC1. The van der Waals surface area contributed by atoms with E-state index in [9.17, 15) is 4.79 Å². The van der Waals surface area contributed by atoms with Gasteiger partial charge >= 0.3 is 0 Å². The second-order valence-corrected chi connectivity index (χ2v) is 5.86. The summed E-state index contributed by atoms with van der Waals surface area (Å²) < 4.78 is 5.75. The maximum atomic E-state index is 12.5. The molecule has 1 N–H and O–H groups in total. The van der Waals surface area contributed by atoms with Crippen molar-refractivity contribution in [2.24, 2.45) is 0 Å². The zero-order valence-corrected chi connectivity index (χ0v) is 13.4. The number of carbonyl (C=O) groups excluding carboxylic acids is 1. The van der Waals surface area contributed by atoms with Crippen LogP contribution in [0.4, 0.5) is 0 Å². The van der Waals surface area contributed by atoms with Gasteiger partial charge in [0.05, 0.1) is 0 Å². The Bertz CT molecular complexity index is 634. The van der Waals surface area contributed by atoms with E-state index in [1.807, 2.05) is 66.5 Å². The molecule has 2 aromatic carbocycles. The van der Waals surface area contributed by atoms with Crippen molar-refractivity contribution in [3.8, 4) is 5.75 Å². The van der Waals surface area contributed by atoms with Crippen molar-refractivity contribution in [1.82, 2.24) is 10.2 Å². The molecule has 1 heterocycles. The number of likely N-dealkylation sites (N-methyl/N-ethyl adjacent to an activating group) is 1. The smallest absolute Gasteiger partial charge is 0.253 e. The Morgan fingerprint density at radius 3 is 2.57 bits per heavy atom. The number of amides is 1. The molecular formula is C19H22N2O2. The van der Waals surface area contributed by atoms with Crippen LogP contribution in [0.1, 0.15) is 22.3 Å². The number of nitrogens with one attached hydrogen (secondary N) is 1. The van der Waals surface area contributed by atoms with E-state index in [0.29, 0.717) is 12.2 Å². The van der Waals surface area contributed by atoms with Crippen LogP contribution >= 0.6 is 0 Å². The average Bonchev–Trinajstić information content (AvgIpc) is 3.15. The Morgan fingerprint density at radius 1 is 1.17 bits per heavy atom. The Labute approximate surface area is 137 Å². The first-order valence-electron chi connectivity index (χ1n) is 7.99. The first-order valence-corrected chi connectivity index (χ1v) is 7.99. The van der Waals surface area contributed by atoms with E-state index >= 15 is 0 Å². The lowest BCUT2D eigenvalue weighted by molar-refractivity contribution is 0.0743. The lowest BCUT2D eigenvalue weighted by Crippen LogP contribution is -2.38. The number of hydrogen-bond donors (Lipinski definition) is 1. The topological polar surface area (TPSA) is 41.6 Å². The van der Waals surface area contributed by atoms with Crippen LogP contribution in [0.2, 0.25) is 0 Å². The second kappa shape index (κ2) is 7.29. The van der Waals surface area contributed by atoms with Gasteiger partial charge in [-0.2, -0.15) is 0 Å². The van der Waals surface area contributed by atoms with Crippen LogP contribution in [-0.4, -0.2) is 37.0 Å². The van der Waals surface area contributed by atoms with Gasteiger partial charge in [0.2, 0.25) is 0 Å². The van der Waals surface area contributed by atoms with Gasteiger partial charge in [-0.1, -0.05) is 30.3 Å². The third kappa shape index (κ3) is 3.90. The standard InChI is InChI=1S/C19H22N2O2/c1-21(17-11-12-20-13-17)19(22)16-7-9-18(10-8-16)23-14-15-5-3-2-4-6-15/h2-10,17,20H,11-14H2,1H3. The van der Waals surface area contributed by atoms with E-state index in [4.69, 9.17) is 4.74 Å². The second-order valence-electron chi connectivity index (χ2n) is 5.86. The van der Waals surface area contributed by atoms with Gasteiger partial charge in [-0.3, -0.25) is 4.79 Å². The zero-order valence-electron chi connectivity index (χ0n) is 13.4. The van der Waals surface area contributed by atoms with Crippen molar-refractivity contribution in [3.63, 3.8) is 0 Å². The Hall–Kier alpha value is -2.33. The van der Waals surface area contributed by atoms with Crippen LogP contribution in [0, 0.1) is 0 Å². The summed E-state index contributed by atoms with van der Waals surface area (Å²) >= 11 is 0. The van der Waals surface area contributed by atoms with Gasteiger partial charge < -0.3 is 15.0 Å². The van der Waals surface area contributed by atoms with Crippen LogP contribution in [0.3, 0.4) is 0 Å². The van der Waals surface area contributed by atoms with Crippen molar-refractivity contribution < 1.29 is 9.53 Å². The molecule has 4 heteroatoms. The minimum absolute atomic E-state index is 0.0632. The van der Waals surface area contributed by atoms with E-state index < -0.39 is 0 Å². The molecule has 0 bridgehead atoms. The maximum absolute atomic E-state index is 12.5. The molecular weight excluding hydrogens is 288 g/mol. The quantitative estimate of drug-likeness (QED) is 0.923. The summed E-state index contributed by atoms with van der Waals surface area (Å²) in [5.74, 6) is 0.837. The first-order chi connectivity index (χ1) is 11.2. The molecule has 0 radical (unpaired) electrons. The normalized spacial score (nSPS) is 17.0. The summed E-state index contributed by atoms with van der Waals surface area (Å²) in [7, 11) is 1.87. The fraction of sp³-hybridized carbons (Fsp3) is 0.316. The third-order valence-electron chi connectivity index (χ3n) is 4.25. The van der Waals surface area contributed by atoms with Crippen LogP contribution < -0.4 is 10.1 Å². The molecule has 120 valence electrons. The van der Waals surface area contributed by atoms with Gasteiger partial charge in [0.25, 0.3) is 5.91 Å². The summed E-state index contributed by atoms with van der Waals surface area (Å²) in [6, 6.07) is 17.7. The fourth-order valence-electron chi connectivity index (χ4n) is 2.77. The Kier molecular flexibility index (Phi) is 4.93. The molecule has 23 heavy (non-hydrogen) atoms. The first kappa shape index (κ1) is 15.6. The van der Waals surface area contributed by atoms with Crippen LogP contribution in [0.25, 0.3) is 0 Å². The number of nitrogens with zero attached hydrogens (tertiary/aromatic N) is 1. The number of carbonyl (C=O) groups is 1. The van der Waals surface area contributed by atoms with E-state index in [1.54, 1.807) is 0 Å². The number of hydrogen-bond acceptors (Lipinski definition) is 3. The Morgan fingerprint density at radius 2 is 1.91 bits per heavy atom. The molecule has 0 aliphatic carbocycles. The third-order valence-corrected chi connectivity index (χ3v) is 4.25. The predicted octanol–water partition coefficient (Wildman–Crippen LogP) is 2.70. The van der Waals surface area contributed by atoms with E-state index in [-0.39, 0.29) is 11.9 Å². The van der Waals surface area contributed by atoms with Gasteiger partial charge in [0, 0.05) is 25.2 Å². The summed E-state index contributed by atoms with van der Waals surface area (Å²) in [5, 5.41) is 3.29. The van der Waals surface area contributed by atoms with Crippen molar-refractivity contribution in [2.75, 3.05) is 20.1 Å². The number of rotatable bonds is 5. The molecule has 1 unspecified atom stereocenters. The van der Waals surface area contributed by atoms with E-state index in [1.165, 1.54) is 0 Å². The lowest BCUT2D eigenvalue weighted by atomic mass is 10.1. The van der Waals surface area contributed by atoms with Crippen LogP contribution in [-0.2, 0) is 6.61 Å². The molecule has 0 spiro atoms. The zero-order chi connectivity index (χ0) is 16.1. The van der Waals surface area contributed by atoms with Crippen molar-refractivity contribution >= 4 is 5.91 Å². The molecule has 0 saturated carbocycles. The van der Waals surface area contributed by atoms with Gasteiger partial charge in [0.1, 0.15) is 12.4 Å². The van der Waals surface area contributed by atoms with Crippen LogP contribution in [0.5, 0.6) is 5.75 Å². The molecule has 1 aliphatic heterocycles. The average molecular weight is 310 g/mol. The highest BCUT2D eigenvalue weighted by molar-refractivity contribution is 5.94. The van der Waals surface area contributed by atoms with Gasteiger partial charge in [-0.25, -0.2) is 0 Å². The predicted molar refractivity (Wildman–Crippen MR) is 90.6 cm³/mol. The highest BCUT2D eigenvalue weighted by Crippen LogP contribution is 2.17. The molecule has 1 aliphatic rings. The molecule has 1 amide bonds. The Balaban J connectivity index is 1.59. The summed E-state index contributed by atoms with van der Waals surface area (Å²) in [5.41, 5.74) is 1.83. The van der Waals surface area contributed by atoms with Gasteiger partial charge in [-0.05, 0) is 42.8 Å². The van der Waals surface area contributed by atoms with E-state index in [0.717, 1.165) is 30.8 Å². The van der Waals surface area contributed by atoms with Gasteiger partial charge in [-0.15, -0.1) is 0 Å². The van der Waals surface area contributed by atoms with Crippen molar-refractivity contribution in [3.05, 3.63) is 65.7 Å². The molecule has 0 aromatic heterocycles. The largest absolute Gasteiger partial charge is 0.489 e. The molecule has 1 fully saturated rings. The summed E-state index contributed by atoms with van der Waals surface area (Å²) in [6.45, 7) is 2.39. The molecule has 1 saturated heterocycles. The minimum Gasteiger partial charge on any atom is -0.489 e. The highest BCUT2D eigenvalue weighted by Gasteiger charge is 2.23. The number of ether oxygens (including phenoxy) is 1. The van der Waals surface area contributed by atoms with Crippen molar-refractivity contribution in [1.29, 1.82) is 0 Å². The highest BCUT2D eigenvalue weighted by atomic mass is 16.5. The summed E-state index contributed by atoms with van der Waals surface area (Å²) in [4.78, 5) is 14.3. The molecule has 3 rings (SSSR count). The lowest BCUT2D eigenvalue weighted by Gasteiger charge is -2.23. The van der Waals surface area contributed by atoms with Gasteiger partial charge in [0.15, 0.2) is 0 Å².